The number of aliphatic hydroxyl groups excluding tert-OH is 1. The highest BCUT2D eigenvalue weighted by Crippen LogP contribution is 2.19. The summed E-state index contributed by atoms with van der Waals surface area (Å²) in [7, 11) is 1.34. The molecule has 0 amide bonds. The second-order valence-corrected chi connectivity index (χ2v) is 5.30. The number of methoxy groups -OCH3 is 1. The third-order valence-corrected chi connectivity index (χ3v) is 3.35. The van der Waals surface area contributed by atoms with Crippen molar-refractivity contribution < 1.29 is 19.4 Å². The van der Waals surface area contributed by atoms with Crippen LogP contribution in [0.15, 0.2) is 24.3 Å². The van der Waals surface area contributed by atoms with E-state index in [1.54, 1.807) is 6.92 Å². The van der Waals surface area contributed by atoms with Crippen molar-refractivity contribution in [2.24, 2.45) is 5.73 Å². The fraction of sp³-hybridized carbons (Fsp3) is 0.562. The van der Waals surface area contributed by atoms with Gasteiger partial charge >= 0.3 is 5.97 Å². The molecule has 5 nitrogen and oxygen atoms in total. The zero-order valence-corrected chi connectivity index (χ0v) is 12.8. The SMILES string of the molecule is COC(=O)C(C)(N)CCCCOc1ccccc1CCO. The summed E-state index contributed by atoms with van der Waals surface area (Å²) in [6.45, 7) is 2.33. The summed E-state index contributed by atoms with van der Waals surface area (Å²) in [5.41, 5.74) is 5.94. The van der Waals surface area contributed by atoms with Crippen LogP contribution in [0.5, 0.6) is 5.75 Å². The zero-order chi connectivity index (χ0) is 15.7. The van der Waals surface area contributed by atoms with Crippen LogP contribution < -0.4 is 10.5 Å². The van der Waals surface area contributed by atoms with Crippen molar-refractivity contribution in [2.45, 2.75) is 38.1 Å². The standard InChI is InChI=1S/C16H25NO4/c1-16(17,15(19)20-2)10-5-6-12-21-14-8-4-3-7-13(14)9-11-18/h3-4,7-8,18H,5-6,9-12,17H2,1-2H3. The van der Waals surface area contributed by atoms with Crippen LogP contribution in [-0.2, 0) is 16.0 Å². The van der Waals surface area contributed by atoms with Crippen molar-refractivity contribution in [3.05, 3.63) is 29.8 Å². The molecule has 0 aliphatic rings. The van der Waals surface area contributed by atoms with Crippen LogP contribution in [0.4, 0.5) is 0 Å². The van der Waals surface area contributed by atoms with E-state index in [4.69, 9.17) is 15.6 Å². The summed E-state index contributed by atoms with van der Waals surface area (Å²) in [5.74, 6) is 0.409. The average molecular weight is 295 g/mol. The van der Waals surface area contributed by atoms with Crippen LogP contribution in [0.2, 0.25) is 0 Å². The monoisotopic (exact) mass is 295 g/mol. The second kappa shape index (κ2) is 8.64. The Labute approximate surface area is 126 Å². The Hall–Kier alpha value is -1.59. The maximum absolute atomic E-state index is 11.4. The first-order valence-corrected chi connectivity index (χ1v) is 7.20. The van der Waals surface area contributed by atoms with Crippen molar-refractivity contribution in [2.75, 3.05) is 20.3 Å². The molecule has 0 aliphatic heterocycles. The maximum atomic E-state index is 11.4. The van der Waals surface area contributed by atoms with Gasteiger partial charge in [0.1, 0.15) is 11.3 Å². The second-order valence-electron chi connectivity index (χ2n) is 5.30. The van der Waals surface area contributed by atoms with Gasteiger partial charge in [0.05, 0.1) is 13.7 Å². The molecule has 1 unspecified atom stereocenters. The van der Waals surface area contributed by atoms with E-state index in [2.05, 4.69) is 4.74 Å². The van der Waals surface area contributed by atoms with Crippen LogP contribution in [0.1, 0.15) is 31.7 Å². The van der Waals surface area contributed by atoms with E-state index in [9.17, 15) is 4.79 Å². The van der Waals surface area contributed by atoms with Gasteiger partial charge in [-0.25, -0.2) is 0 Å². The van der Waals surface area contributed by atoms with E-state index in [-0.39, 0.29) is 6.61 Å². The van der Waals surface area contributed by atoms with E-state index in [0.717, 1.165) is 24.2 Å². The fourth-order valence-electron chi connectivity index (χ4n) is 2.08. The highest BCUT2D eigenvalue weighted by Gasteiger charge is 2.28. The molecule has 0 spiro atoms. The Kier molecular flexibility index (Phi) is 7.19. The van der Waals surface area contributed by atoms with Crippen molar-refractivity contribution >= 4 is 5.97 Å². The van der Waals surface area contributed by atoms with Crippen LogP contribution in [0, 0.1) is 0 Å². The molecule has 5 heteroatoms. The van der Waals surface area contributed by atoms with Crippen LogP contribution >= 0.6 is 0 Å². The lowest BCUT2D eigenvalue weighted by Crippen LogP contribution is -2.45. The van der Waals surface area contributed by atoms with Gasteiger partial charge in [0.15, 0.2) is 0 Å². The molecule has 0 bridgehead atoms. The first kappa shape index (κ1) is 17.5. The summed E-state index contributed by atoms with van der Waals surface area (Å²) in [4.78, 5) is 11.4. The molecule has 0 fully saturated rings. The largest absolute Gasteiger partial charge is 0.493 e. The minimum atomic E-state index is -0.941. The topological polar surface area (TPSA) is 81.8 Å². The highest BCUT2D eigenvalue weighted by molar-refractivity contribution is 5.79. The number of carbonyl (C=O) groups excluding carboxylic acids is 1. The van der Waals surface area contributed by atoms with Crippen molar-refractivity contribution in [1.82, 2.24) is 0 Å². The van der Waals surface area contributed by atoms with Gasteiger partial charge in [-0.2, -0.15) is 0 Å². The predicted octanol–water partition coefficient (Wildman–Crippen LogP) is 1.66. The number of unbranched alkanes of at least 4 members (excludes halogenated alkanes) is 1. The summed E-state index contributed by atoms with van der Waals surface area (Å²) in [6.07, 6.45) is 2.72. The van der Waals surface area contributed by atoms with E-state index >= 15 is 0 Å². The number of para-hydroxylation sites is 1. The Morgan fingerprint density at radius 3 is 2.71 bits per heavy atom. The molecular weight excluding hydrogens is 270 g/mol. The van der Waals surface area contributed by atoms with Crippen molar-refractivity contribution in [3.63, 3.8) is 0 Å². The fourth-order valence-corrected chi connectivity index (χ4v) is 2.08. The number of aliphatic hydroxyl groups is 1. The lowest BCUT2D eigenvalue weighted by Gasteiger charge is -2.21. The number of ether oxygens (including phenoxy) is 2. The van der Waals surface area contributed by atoms with E-state index in [1.165, 1.54) is 7.11 Å². The van der Waals surface area contributed by atoms with Gasteiger partial charge in [0.25, 0.3) is 0 Å². The minimum absolute atomic E-state index is 0.102. The van der Waals surface area contributed by atoms with Crippen LogP contribution in [-0.4, -0.2) is 36.9 Å². The number of hydrogen-bond acceptors (Lipinski definition) is 5. The first-order valence-electron chi connectivity index (χ1n) is 7.20. The molecule has 0 saturated carbocycles. The molecule has 21 heavy (non-hydrogen) atoms. The number of esters is 1. The number of benzene rings is 1. The van der Waals surface area contributed by atoms with E-state index in [1.807, 2.05) is 24.3 Å². The Balaban J connectivity index is 2.33. The molecule has 1 aromatic carbocycles. The van der Waals surface area contributed by atoms with Gasteiger partial charge < -0.3 is 20.3 Å². The van der Waals surface area contributed by atoms with Crippen molar-refractivity contribution in [1.29, 1.82) is 0 Å². The average Bonchev–Trinajstić information content (AvgIpc) is 2.47. The van der Waals surface area contributed by atoms with E-state index in [0.29, 0.717) is 19.4 Å². The molecule has 0 aliphatic carbocycles. The van der Waals surface area contributed by atoms with E-state index < -0.39 is 11.5 Å². The molecule has 118 valence electrons. The summed E-state index contributed by atoms with van der Waals surface area (Å²) in [6, 6.07) is 7.67. The number of rotatable bonds is 9. The molecule has 0 radical (unpaired) electrons. The van der Waals surface area contributed by atoms with Gasteiger partial charge in [-0.15, -0.1) is 0 Å². The van der Waals surface area contributed by atoms with Gasteiger partial charge in [0.2, 0.25) is 0 Å². The van der Waals surface area contributed by atoms with Gasteiger partial charge in [-0.3, -0.25) is 4.79 Å². The molecule has 1 rings (SSSR count). The third-order valence-electron chi connectivity index (χ3n) is 3.35. The lowest BCUT2D eigenvalue weighted by atomic mass is 9.96. The summed E-state index contributed by atoms with van der Waals surface area (Å²) >= 11 is 0. The maximum Gasteiger partial charge on any atom is 0.325 e. The Morgan fingerprint density at radius 2 is 2.05 bits per heavy atom. The number of hydrogen-bond donors (Lipinski definition) is 2. The summed E-state index contributed by atoms with van der Waals surface area (Å²) < 4.78 is 10.4. The molecular formula is C16H25NO4. The smallest absolute Gasteiger partial charge is 0.325 e. The van der Waals surface area contributed by atoms with Gasteiger partial charge in [0, 0.05) is 6.61 Å². The predicted molar refractivity (Wildman–Crippen MR) is 81.2 cm³/mol. The Morgan fingerprint density at radius 1 is 1.33 bits per heavy atom. The first-order chi connectivity index (χ1) is 10.0. The van der Waals surface area contributed by atoms with Crippen LogP contribution in [0.25, 0.3) is 0 Å². The number of carbonyl (C=O) groups is 1. The lowest BCUT2D eigenvalue weighted by molar-refractivity contribution is -0.146. The molecule has 0 saturated heterocycles. The molecule has 3 N–H and O–H groups in total. The molecule has 0 heterocycles. The third kappa shape index (κ3) is 5.73. The van der Waals surface area contributed by atoms with Crippen molar-refractivity contribution in [3.8, 4) is 5.75 Å². The number of nitrogens with two attached hydrogens (primary N) is 1. The molecule has 0 aromatic heterocycles. The van der Waals surface area contributed by atoms with Gasteiger partial charge in [-0.05, 0) is 44.2 Å². The zero-order valence-electron chi connectivity index (χ0n) is 12.8. The highest BCUT2D eigenvalue weighted by atomic mass is 16.5. The quantitative estimate of drug-likeness (QED) is 0.535. The minimum Gasteiger partial charge on any atom is -0.493 e. The van der Waals surface area contributed by atoms with Crippen LogP contribution in [0.3, 0.4) is 0 Å². The normalized spacial score (nSPS) is 13.5. The Bertz CT molecular complexity index is 446. The molecule has 1 atom stereocenters. The van der Waals surface area contributed by atoms with Gasteiger partial charge in [-0.1, -0.05) is 18.2 Å². The summed E-state index contributed by atoms with van der Waals surface area (Å²) in [5, 5.41) is 9.01. The molecule has 1 aromatic rings.